The summed E-state index contributed by atoms with van der Waals surface area (Å²) in [6.07, 6.45) is 4.91. The average Bonchev–Trinajstić information content (AvgIpc) is 3.14. The number of rotatable bonds is 2. The normalized spacial score (nSPS) is 18.2. The van der Waals surface area contributed by atoms with Crippen LogP contribution in [0.4, 0.5) is 5.69 Å². The Balaban J connectivity index is 0.000000176. The van der Waals surface area contributed by atoms with Crippen molar-refractivity contribution in [3.05, 3.63) is 65.7 Å². The molecule has 0 aromatic heterocycles. The van der Waals surface area contributed by atoms with Gasteiger partial charge in [-0.15, -0.1) is 0 Å². The molecule has 1 atom stereocenters. The minimum atomic E-state index is -0.130. The van der Waals surface area contributed by atoms with Crippen LogP contribution < -0.4 is 10.2 Å². The maximum Gasteiger partial charge on any atom is 0.229 e. The predicted octanol–water partition coefficient (Wildman–Crippen LogP) is 4.82. The third-order valence-corrected chi connectivity index (χ3v) is 5.42. The van der Waals surface area contributed by atoms with E-state index in [1.54, 1.807) is 0 Å². The van der Waals surface area contributed by atoms with Gasteiger partial charge < -0.3 is 4.90 Å². The fourth-order valence-corrected chi connectivity index (χ4v) is 3.39. The fourth-order valence-electron chi connectivity index (χ4n) is 3.39. The second-order valence-corrected chi connectivity index (χ2v) is 8.03. The van der Waals surface area contributed by atoms with Crippen molar-refractivity contribution >= 4 is 23.4 Å². The van der Waals surface area contributed by atoms with E-state index in [1.165, 1.54) is 11.1 Å². The first kappa shape index (κ1) is 24.3. The Morgan fingerprint density at radius 1 is 0.935 bits per heavy atom. The van der Waals surface area contributed by atoms with Gasteiger partial charge in [-0.05, 0) is 50.3 Å². The quantitative estimate of drug-likeness (QED) is 0.706. The van der Waals surface area contributed by atoms with E-state index in [1.807, 2.05) is 42.2 Å². The Hall–Kier alpha value is -2.95. The van der Waals surface area contributed by atoms with Crippen molar-refractivity contribution in [2.24, 2.45) is 5.92 Å². The van der Waals surface area contributed by atoms with Crippen molar-refractivity contribution in [3.8, 4) is 0 Å². The highest BCUT2D eigenvalue weighted by molar-refractivity contribution is 5.97. The monoisotopic (exact) mass is 422 g/mol. The molecule has 1 unspecified atom stereocenters. The number of carbonyl (C=O) groups excluding carboxylic acids is 3. The first-order valence-corrected chi connectivity index (χ1v) is 11.1. The Kier molecular flexibility index (Phi) is 9.95. The Bertz CT molecular complexity index is 847. The number of amides is 3. The van der Waals surface area contributed by atoms with Gasteiger partial charge in [-0.2, -0.15) is 0 Å². The number of aryl methyl sites for hydroxylation is 2. The van der Waals surface area contributed by atoms with Crippen LogP contribution in [0.3, 0.4) is 0 Å². The molecule has 0 saturated carbocycles. The average molecular weight is 423 g/mol. The van der Waals surface area contributed by atoms with Gasteiger partial charge in [0.2, 0.25) is 17.7 Å². The number of hydrogen-bond donors (Lipinski definition) is 1. The number of imide groups is 1. The summed E-state index contributed by atoms with van der Waals surface area (Å²) in [6, 6.07) is 18.5. The minimum absolute atomic E-state index is 0.00597. The van der Waals surface area contributed by atoms with E-state index in [9.17, 15) is 14.4 Å². The van der Waals surface area contributed by atoms with E-state index in [0.29, 0.717) is 12.8 Å². The molecule has 2 aromatic rings. The third kappa shape index (κ3) is 8.36. The van der Waals surface area contributed by atoms with E-state index in [0.717, 1.165) is 37.9 Å². The number of hydrogen-bond acceptors (Lipinski definition) is 3. The van der Waals surface area contributed by atoms with Crippen molar-refractivity contribution in [2.45, 2.75) is 59.3 Å². The molecule has 0 aliphatic carbocycles. The van der Waals surface area contributed by atoms with Gasteiger partial charge in [-0.25, -0.2) is 0 Å². The van der Waals surface area contributed by atoms with Gasteiger partial charge in [0.05, 0.1) is 0 Å². The van der Waals surface area contributed by atoms with Crippen molar-refractivity contribution < 1.29 is 14.4 Å². The van der Waals surface area contributed by atoms with Crippen LogP contribution >= 0.6 is 0 Å². The number of nitrogens with zero attached hydrogens (tertiary/aromatic N) is 1. The van der Waals surface area contributed by atoms with Gasteiger partial charge in [0.1, 0.15) is 0 Å². The smallest absolute Gasteiger partial charge is 0.229 e. The number of anilines is 1. The lowest BCUT2D eigenvalue weighted by molar-refractivity contribution is -0.131. The van der Waals surface area contributed by atoms with Crippen molar-refractivity contribution in [3.63, 3.8) is 0 Å². The van der Waals surface area contributed by atoms with Crippen molar-refractivity contribution in [1.82, 2.24) is 5.32 Å². The molecule has 31 heavy (non-hydrogen) atoms. The zero-order valence-corrected chi connectivity index (χ0v) is 18.9. The molecule has 2 aliphatic rings. The summed E-state index contributed by atoms with van der Waals surface area (Å²) < 4.78 is 0. The molecule has 0 bridgehead atoms. The highest BCUT2D eigenvalue weighted by Gasteiger charge is 2.21. The summed E-state index contributed by atoms with van der Waals surface area (Å²) in [5.41, 5.74) is 3.69. The molecule has 4 rings (SSSR count). The highest BCUT2D eigenvalue weighted by Crippen LogP contribution is 2.21. The van der Waals surface area contributed by atoms with Crippen LogP contribution in [0.2, 0.25) is 0 Å². The molecule has 1 N–H and O–H groups in total. The number of nitrogens with one attached hydrogen (secondary N) is 1. The van der Waals surface area contributed by atoms with E-state index in [2.05, 4.69) is 43.4 Å². The zero-order valence-electron chi connectivity index (χ0n) is 18.9. The SMILES string of the molecule is CC1CCCC(=O)NC1=O.CCc1ccc(N2CCCC2=O)cc1.Cc1ccccc1. The molecule has 166 valence electrons. The maximum atomic E-state index is 11.5. The van der Waals surface area contributed by atoms with Gasteiger partial charge in [0.15, 0.2) is 0 Å². The van der Waals surface area contributed by atoms with E-state index in [-0.39, 0.29) is 23.6 Å². The van der Waals surface area contributed by atoms with Crippen LogP contribution in [0.25, 0.3) is 0 Å². The summed E-state index contributed by atoms with van der Waals surface area (Å²) in [6.45, 7) is 6.94. The first-order valence-electron chi connectivity index (χ1n) is 11.1. The summed E-state index contributed by atoms with van der Waals surface area (Å²) in [5, 5.41) is 2.31. The fraction of sp³-hybridized carbons (Fsp3) is 0.423. The third-order valence-electron chi connectivity index (χ3n) is 5.42. The maximum absolute atomic E-state index is 11.5. The molecular formula is C26H34N2O3. The molecule has 3 amide bonds. The largest absolute Gasteiger partial charge is 0.312 e. The molecule has 2 aliphatic heterocycles. The number of carbonyl (C=O) groups is 3. The first-order chi connectivity index (χ1) is 14.9. The molecule has 2 fully saturated rings. The molecule has 5 nitrogen and oxygen atoms in total. The summed E-state index contributed by atoms with van der Waals surface area (Å²) >= 11 is 0. The lowest BCUT2D eigenvalue weighted by atomic mass is 10.1. The van der Waals surface area contributed by atoms with Gasteiger partial charge in [0, 0.05) is 31.0 Å². The van der Waals surface area contributed by atoms with Crippen LogP contribution in [0.15, 0.2) is 54.6 Å². The lowest BCUT2D eigenvalue weighted by Crippen LogP contribution is -2.31. The summed E-state index contributed by atoms with van der Waals surface area (Å²) in [7, 11) is 0. The Morgan fingerprint density at radius 3 is 2.13 bits per heavy atom. The topological polar surface area (TPSA) is 66.5 Å². The van der Waals surface area contributed by atoms with Crippen LogP contribution in [0.5, 0.6) is 0 Å². The lowest BCUT2D eigenvalue weighted by Gasteiger charge is -2.15. The van der Waals surface area contributed by atoms with Gasteiger partial charge in [-0.1, -0.05) is 61.9 Å². The zero-order chi connectivity index (χ0) is 22.6. The second kappa shape index (κ2) is 12.7. The van der Waals surface area contributed by atoms with Crippen LogP contribution in [-0.4, -0.2) is 24.3 Å². The number of benzene rings is 2. The molecule has 2 aromatic carbocycles. The molecule has 2 heterocycles. The predicted molar refractivity (Wildman–Crippen MR) is 125 cm³/mol. The van der Waals surface area contributed by atoms with Crippen molar-refractivity contribution in [2.75, 3.05) is 11.4 Å². The van der Waals surface area contributed by atoms with Crippen LogP contribution in [0, 0.1) is 12.8 Å². The highest BCUT2D eigenvalue weighted by atomic mass is 16.2. The van der Waals surface area contributed by atoms with Crippen molar-refractivity contribution in [1.29, 1.82) is 0 Å². The molecular weight excluding hydrogens is 388 g/mol. The summed E-state index contributed by atoms with van der Waals surface area (Å²) in [4.78, 5) is 34.9. The Morgan fingerprint density at radius 2 is 1.61 bits per heavy atom. The molecule has 5 heteroatoms. The van der Waals surface area contributed by atoms with Crippen LogP contribution in [0.1, 0.15) is 57.1 Å². The molecule has 0 radical (unpaired) electrons. The van der Waals surface area contributed by atoms with E-state index in [4.69, 9.17) is 0 Å². The van der Waals surface area contributed by atoms with E-state index < -0.39 is 0 Å². The van der Waals surface area contributed by atoms with E-state index >= 15 is 0 Å². The second-order valence-electron chi connectivity index (χ2n) is 8.03. The van der Waals surface area contributed by atoms with Gasteiger partial charge in [-0.3, -0.25) is 19.7 Å². The Labute approximate surface area is 185 Å². The standard InChI is InChI=1S/C12H15NO.C7H11NO2.C7H8/c1-2-10-5-7-11(8-6-10)13-9-3-4-12(13)14;1-5-3-2-4-6(9)8-7(5)10;1-7-5-3-2-4-6-7/h5-8H,2-4,9H2,1H3;5H,2-4H2,1H3,(H,8,9,10);2-6H,1H3. The minimum Gasteiger partial charge on any atom is -0.312 e. The van der Waals surface area contributed by atoms with Gasteiger partial charge in [0.25, 0.3) is 0 Å². The molecule has 0 spiro atoms. The molecule has 2 saturated heterocycles. The summed E-state index contributed by atoms with van der Waals surface area (Å²) in [5.74, 6) is 0.0116. The van der Waals surface area contributed by atoms with Gasteiger partial charge >= 0.3 is 0 Å². The van der Waals surface area contributed by atoms with Crippen LogP contribution in [-0.2, 0) is 20.8 Å².